The van der Waals surface area contributed by atoms with Crippen LogP contribution < -0.4 is 14.8 Å². The number of fused-ring (bicyclic) bond motifs is 2. The molecule has 2 aromatic carbocycles. The average Bonchev–Trinajstić information content (AvgIpc) is 2.96. The number of carbonyl (C=O) groups excluding carboxylic acids is 2. The van der Waals surface area contributed by atoms with E-state index in [1.54, 1.807) is 48.6 Å². The molecule has 5 rings (SSSR count). The van der Waals surface area contributed by atoms with Gasteiger partial charge in [0, 0.05) is 31.7 Å². The number of likely N-dealkylation sites (N-methyl/N-ethyl adjacent to an activating group) is 1. The minimum Gasteiger partial charge on any atom is -0.490 e. The van der Waals surface area contributed by atoms with Gasteiger partial charge in [-0.15, -0.1) is 0 Å². The molecule has 0 saturated carbocycles. The first-order valence-corrected chi connectivity index (χ1v) is 15.1. The highest BCUT2D eigenvalue weighted by molar-refractivity contribution is 7.92. The van der Waals surface area contributed by atoms with Gasteiger partial charge >= 0.3 is 0 Å². The molecule has 0 aliphatic carbocycles. The van der Waals surface area contributed by atoms with Crippen molar-refractivity contribution in [1.82, 2.24) is 15.2 Å². The molecule has 1 saturated heterocycles. The first-order valence-electron chi connectivity index (χ1n) is 13.6. The van der Waals surface area contributed by atoms with Crippen molar-refractivity contribution in [3.8, 4) is 5.75 Å². The Bertz CT molecular complexity index is 1500. The molecule has 3 heterocycles. The highest BCUT2D eigenvalue weighted by Gasteiger charge is 2.39. The lowest BCUT2D eigenvalue weighted by molar-refractivity contribution is -0.134. The summed E-state index contributed by atoms with van der Waals surface area (Å²) in [6, 6.07) is 14.8. The number of nitrogens with one attached hydrogen (secondary N) is 2. The Morgan fingerprint density at radius 2 is 1.83 bits per heavy atom. The predicted octanol–water partition coefficient (Wildman–Crippen LogP) is 3.32. The van der Waals surface area contributed by atoms with Crippen LogP contribution in [-0.2, 0) is 26.0 Å². The van der Waals surface area contributed by atoms with Crippen molar-refractivity contribution in [3.05, 3.63) is 83.7 Å². The SMILES string of the molecule is Cc1ccc(S(=O)(=O)Nc2ccc3c(c2)C(=O)N(C)[C@@H]2CC[C@@H](CC(=O)NCCc4ccncc4)O[C@H]2CO3)cc1. The summed E-state index contributed by atoms with van der Waals surface area (Å²) in [5, 5.41) is 2.95. The molecule has 2 amide bonds. The molecule has 2 aliphatic heterocycles. The third-order valence-corrected chi connectivity index (χ3v) is 8.89. The predicted molar refractivity (Wildman–Crippen MR) is 153 cm³/mol. The Balaban J connectivity index is 1.21. The number of aryl methyl sites for hydroxylation is 1. The molecule has 41 heavy (non-hydrogen) atoms. The van der Waals surface area contributed by atoms with Crippen LogP contribution in [0.25, 0.3) is 0 Å². The van der Waals surface area contributed by atoms with Crippen LogP contribution in [0.2, 0.25) is 0 Å². The van der Waals surface area contributed by atoms with Gasteiger partial charge in [0.2, 0.25) is 5.91 Å². The monoisotopic (exact) mass is 578 g/mol. The second-order valence-electron chi connectivity index (χ2n) is 10.5. The van der Waals surface area contributed by atoms with Crippen molar-refractivity contribution in [2.45, 2.75) is 55.8 Å². The van der Waals surface area contributed by atoms with E-state index in [1.165, 1.54) is 18.2 Å². The fourth-order valence-corrected chi connectivity index (χ4v) is 6.25. The molecule has 216 valence electrons. The minimum atomic E-state index is -3.83. The molecular weight excluding hydrogens is 544 g/mol. The summed E-state index contributed by atoms with van der Waals surface area (Å²) in [4.78, 5) is 31.8. The Labute approximate surface area is 240 Å². The van der Waals surface area contributed by atoms with E-state index >= 15 is 0 Å². The van der Waals surface area contributed by atoms with Gasteiger partial charge in [0.05, 0.1) is 29.0 Å². The van der Waals surface area contributed by atoms with Gasteiger partial charge in [-0.25, -0.2) is 8.42 Å². The Morgan fingerprint density at radius 1 is 1.07 bits per heavy atom. The summed E-state index contributed by atoms with van der Waals surface area (Å²) in [6.07, 6.45) is 5.01. The fraction of sp³-hybridized carbons (Fsp3) is 0.367. The standard InChI is InChI=1S/C30H34N4O6S/c1-20-3-7-24(8-4-20)41(37,38)33-22-5-10-27-25(17-22)30(36)34(2)26-9-6-23(40-28(26)19-39-27)18-29(35)32-16-13-21-11-14-31-15-12-21/h3-5,7-8,10-12,14-15,17,23,26,28,33H,6,9,13,16,18-19H2,1-2H3,(H,32,35)/t23-,26+,28-/m0/s1. The molecule has 1 fully saturated rings. The van der Waals surface area contributed by atoms with Crippen LogP contribution in [0.4, 0.5) is 5.69 Å². The van der Waals surface area contributed by atoms with E-state index in [0.717, 1.165) is 17.5 Å². The van der Waals surface area contributed by atoms with Crippen LogP contribution in [0, 0.1) is 6.92 Å². The summed E-state index contributed by atoms with van der Waals surface area (Å²) in [5.41, 5.74) is 2.59. The second kappa shape index (κ2) is 12.3. The molecule has 0 spiro atoms. The molecule has 11 heteroatoms. The van der Waals surface area contributed by atoms with Gasteiger partial charge in [-0.05, 0) is 74.2 Å². The summed E-state index contributed by atoms with van der Waals surface area (Å²) in [7, 11) is -2.11. The number of carbonyl (C=O) groups is 2. The molecule has 1 aromatic heterocycles. The normalized spacial score (nSPS) is 20.6. The van der Waals surface area contributed by atoms with Crippen molar-refractivity contribution in [1.29, 1.82) is 0 Å². The van der Waals surface area contributed by atoms with Crippen molar-refractivity contribution in [2.24, 2.45) is 0 Å². The number of hydrogen-bond acceptors (Lipinski definition) is 7. The van der Waals surface area contributed by atoms with Crippen molar-refractivity contribution in [2.75, 3.05) is 24.9 Å². The number of sulfonamides is 1. The van der Waals surface area contributed by atoms with Crippen molar-refractivity contribution in [3.63, 3.8) is 0 Å². The smallest absolute Gasteiger partial charge is 0.261 e. The number of hydrogen-bond donors (Lipinski definition) is 2. The van der Waals surface area contributed by atoms with Crippen LogP contribution in [0.3, 0.4) is 0 Å². The van der Waals surface area contributed by atoms with Crippen LogP contribution in [-0.4, -0.2) is 68.6 Å². The third-order valence-electron chi connectivity index (χ3n) is 7.49. The van der Waals surface area contributed by atoms with Crippen LogP contribution >= 0.6 is 0 Å². The lowest BCUT2D eigenvalue weighted by Gasteiger charge is -2.42. The maximum absolute atomic E-state index is 13.5. The van der Waals surface area contributed by atoms with E-state index in [9.17, 15) is 18.0 Å². The van der Waals surface area contributed by atoms with Gasteiger partial charge in [0.15, 0.2) is 0 Å². The maximum atomic E-state index is 13.5. The first kappa shape index (κ1) is 28.6. The van der Waals surface area contributed by atoms with E-state index in [0.29, 0.717) is 25.1 Å². The highest BCUT2D eigenvalue weighted by atomic mass is 32.2. The fourth-order valence-electron chi connectivity index (χ4n) is 5.20. The zero-order chi connectivity index (χ0) is 29.0. The zero-order valence-electron chi connectivity index (χ0n) is 23.1. The molecule has 3 aromatic rings. The summed E-state index contributed by atoms with van der Waals surface area (Å²) in [6.45, 7) is 2.61. The van der Waals surface area contributed by atoms with Gasteiger partial charge in [0.25, 0.3) is 15.9 Å². The largest absolute Gasteiger partial charge is 0.490 e. The molecule has 0 unspecified atom stereocenters. The molecule has 2 aliphatic rings. The number of pyridine rings is 1. The molecule has 0 radical (unpaired) electrons. The van der Waals surface area contributed by atoms with Crippen LogP contribution in [0.15, 0.2) is 71.9 Å². The molecule has 3 atom stereocenters. The number of anilines is 1. The summed E-state index contributed by atoms with van der Waals surface area (Å²) in [5.74, 6) is -0.0233. The Morgan fingerprint density at radius 3 is 2.59 bits per heavy atom. The lowest BCUT2D eigenvalue weighted by atomic mass is 9.94. The number of aromatic nitrogens is 1. The van der Waals surface area contributed by atoms with Gasteiger partial charge in [-0.2, -0.15) is 0 Å². The molecule has 0 bridgehead atoms. The number of benzene rings is 2. The maximum Gasteiger partial charge on any atom is 0.261 e. The van der Waals surface area contributed by atoms with Gasteiger partial charge < -0.3 is 19.7 Å². The van der Waals surface area contributed by atoms with E-state index in [-0.39, 0.29) is 53.1 Å². The number of amides is 2. The summed E-state index contributed by atoms with van der Waals surface area (Å²) >= 11 is 0. The lowest BCUT2D eigenvalue weighted by Crippen LogP contribution is -2.54. The number of nitrogens with zero attached hydrogens (tertiary/aromatic N) is 2. The minimum absolute atomic E-state index is 0.0790. The number of ether oxygens (including phenoxy) is 2. The molecular formula is C30H34N4O6S. The van der Waals surface area contributed by atoms with E-state index in [4.69, 9.17) is 9.47 Å². The third kappa shape index (κ3) is 6.86. The van der Waals surface area contributed by atoms with Gasteiger partial charge in [-0.3, -0.25) is 19.3 Å². The first-order chi connectivity index (χ1) is 19.7. The zero-order valence-corrected chi connectivity index (χ0v) is 23.9. The second-order valence-corrected chi connectivity index (χ2v) is 12.1. The molecule has 10 nitrogen and oxygen atoms in total. The van der Waals surface area contributed by atoms with E-state index < -0.39 is 16.1 Å². The summed E-state index contributed by atoms with van der Waals surface area (Å²) < 4.78 is 40.6. The number of rotatable bonds is 8. The van der Waals surface area contributed by atoms with Gasteiger partial charge in [-0.1, -0.05) is 17.7 Å². The quantitative estimate of drug-likeness (QED) is 0.420. The van der Waals surface area contributed by atoms with Crippen LogP contribution in [0.1, 0.15) is 40.7 Å². The van der Waals surface area contributed by atoms with Gasteiger partial charge in [0.1, 0.15) is 18.5 Å². The highest BCUT2D eigenvalue weighted by Crippen LogP contribution is 2.33. The van der Waals surface area contributed by atoms with Crippen molar-refractivity contribution < 1.29 is 27.5 Å². The van der Waals surface area contributed by atoms with Crippen molar-refractivity contribution >= 4 is 27.5 Å². The van der Waals surface area contributed by atoms with E-state index in [1.807, 2.05) is 19.1 Å². The average molecular weight is 579 g/mol. The van der Waals surface area contributed by atoms with Crippen LogP contribution in [0.5, 0.6) is 5.75 Å². The molecule has 2 N–H and O–H groups in total. The Hall–Kier alpha value is -3.96. The van der Waals surface area contributed by atoms with E-state index in [2.05, 4.69) is 15.0 Å². The Kier molecular flexibility index (Phi) is 8.55. The topological polar surface area (TPSA) is 127 Å².